The zero-order valence-corrected chi connectivity index (χ0v) is 12.9. The molecule has 0 atom stereocenters. The van der Waals surface area contributed by atoms with Crippen LogP contribution in [0.3, 0.4) is 0 Å². The Morgan fingerprint density at radius 1 is 1.10 bits per heavy atom. The van der Waals surface area contributed by atoms with Crippen molar-refractivity contribution in [2.24, 2.45) is 5.10 Å². The van der Waals surface area contributed by atoms with Crippen LogP contribution >= 0.6 is 23.2 Å². The van der Waals surface area contributed by atoms with Crippen LogP contribution in [0.1, 0.15) is 18.1 Å². The van der Waals surface area contributed by atoms with Crippen molar-refractivity contribution in [3.05, 3.63) is 69.7 Å². The summed E-state index contributed by atoms with van der Waals surface area (Å²) in [5.74, 6) is -0.166. The molecule has 0 saturated carbocycles. The maximum absolute atomic E-state index is 11.8. The molecule has 0 heterocycles. The Morgan fingerprint density at radius 2 is 1.81 bits per heavy atom. The lowest BCUT2D eigenvalue weighted by molar-refractivity contribution is -0.120. The van der Waals surface area contributed by atoms with Crippen LogP contribution in [-0.2, 0) is 11.2 Å². The highest BCUT2D eigenvalue weighted by Gasteiger charge is 2.04. The molecule has 0 aliphatic rings. The van der Waals surface area contributed by atoms with E-state index in [0.717, 1.165) is 11.1 Å². The molecule has 1 amide bonds. The molecule has 0 saturated heterocycles. The molecule has 3 nitrogen and oxygen atoms in total. The first-order valence-corrected chi connectivity index (χ1v) is 7.14. The van der Waals surface area contributed by atoms with Gasteiger partial charge in [0.05, 0.1) is 22.2 Å². The molecular weight excluding hydrogens is 307 g/mol. The first-order valence-electron chi connectivity index (χ1n) is 6.39. The lowest BCUT2D eigenvalue weighted by Crippen LogP contribution is -2.21. The summed E-state index contributed by atoms with van der Waals surface area (Å²) in [5, 5.41) is 5.02. The zero-order valence-electron chi connectivity index (χ0n) is 11.4. The Kier molecular flexibility index (Phi) is 5.37. The first kappa shape index (κ1) is 15.5. The molecule has 21 heavy (non-hydrogen) atoms. The molecule has 2 aromatic rings. The molecule has 0 radical (unpaired) electrons. The second-order valence-corrected chi connectivity index (χ2v) is 5.34. The molecule has 1 N–H and O–H groups in total. The van der Waals surface area contributed by atoms with Gasteiger partial charge in [0.25, 0.3) is 0 Å². The van der Waals surface area contributed by atoms with Gasteiger partial charge in [-0.2, -0.15) is 5.10 Å². The number of hydrogen-bond donors (Lipinski definition) is 1. The van der Waals surface area contributed by atoms with Gasteiger partial charge in [0, 0.05) is 0 Å². The second kappa shape index (κ2) is 7.25. The van der Waals surface area contributed by atoms with Crippen molar-refractivity contribution in [3.63, 3.8) is 0 Å². The number of carbonyl (C=O) groups excluding carboxylic acids is 1. The van der Waals surface area contributed by atoms with E-state index in [1.807, 2.05) is 30.3 Å². The normalized spacial score (nSPS) is 11.3. The monoisotopic (exact) mass is 320 g/mol. The van der Waals surface area contributed by atoms with E-state index < -0.39 is 0 Å². The number of carbonyl (C=O) groups is 1. The fourth-order valence-corrected chi connectivity index (χ4v) is 2.05. The maximum Gasteiger partial charge on any atom is 0.244 e. The van der Waals surface area contributed by atoms with Crippen molar-refractivity contribution < 1.29 is 4.79 Å². The largest absolute Gasteiger partial charge is 0.273 e. The highest BCUT2D eigenvalue weighted by Crippen LogP contribution is 2.22. The molecule has 2 rings (SSSR count). The topological polar surface area (TPSA) is 41.5 Å². The molecule has 0 aromatic heterocycles. The van der Waals surface area contributed by atoms with Gasteiger partial charge in [-0.1, -0.05) is 59.6 Å². The summed E-state index contributed by atoms with van der Waals surface area (Å²) in [6, 6.07) is 14.7. The quantitative estimate of drug-likeness (QED) is 0.669. The number of hydrazone groups is 1. The van der Waals surface area contributed by atoms with Gasteiger partial charge in [-0.05, 0) is 30.2 Å². The van der Waals surface area contributed by atoms with Gasteiger partial charge >= 0.3 is 0 Å². The summed E-state index contributed by atoms with van der Waals surface area (Å²) in [7, 11) is 0. The van der Waals surface area contributed by atoms with E-state index in [0.29, 0.717) is 22.2 Å². The van der Waals surface area contributed by atoms with Crippen molar-refractivity contribution in [3.8, 4) is 0 Å². The molecule has 0 aliphatic heterocycles. The predicted octanol–water partition coefficient (Wildman–Crippen LogP) is 4.08. The summed E-state index contributed by atoms with van der Waals surface area (Å²) in [6.07, 6.45) is 0.291. The summed E-state index contributed by atoms with van der Waals surface area (Å²) in [4.78, 5) is 11.8. The van der Waals surface area contributed by atoms with Gasteiger partial charge < -0.3 is 0 Å². The van der Waals surface area contributed by atoms with Crippen molar-refractivity contribution >= 4 is 34.8 Å². The Hall–Kier alpha value is -1.84. The Morgan fingerprint density at radius 3 is 2.48 bits per heavy atom. The number of nitrogens with one attached hydrogen (secondary N) is 1. The number of hydrogen-bond acceptors (Lipinski definition) is 2. The van der Waals surface area contributed by atoms with E-state index in [2.05, 4.69) is 10.5 Å². The summed E-state index contributed by atoms with van der Waals surface area (Å²) in [6.45, 7) is 1.79. The predicted molar refractivity (Wildman–Crippen MR) is 87.0 cm³/mol. The minimum atomic E-state index is -0.166. The van der Waals surface area contributed by atoms with Crippen LogP contribution in [0.4, 0.5) is 0 Å². The number of rotatable bonds is 4. The number of amides is 1. The summed E-state index contributed by atoms with van der Waals surface area (Å²) >= 11 is 11.8. The smallest absolute Gasteiger partial charge is 0.244 e. The third kappa shape index (κ3) is 4.59. The van der Waals surface area contributed by atoms with Gasteiger partial charge in [0.1, 0.15) is 0 Å². The molecule has 0 fully saturated rings. The van der Waals surface area contributed by atoms with Gasteiger partial charge in [-0.25, -0.2) is 5.43 Å². The van der Waals surface area contributed by atoms with Crippen molar-refractivity contribution in [1.82, 2.24) is 5.43 Å². The lowest BCUT2D eigenvalue weighted by Gasteiger charge is -2.04. The summed E-state index contributed by atoms with van der Waals surface area (Å²) < 4.78 is 0. The average molecular weight is 321 g/mol. The van der Waals surface area contributed by atoms with Gasteiger partial charge in [0.15, 0.2) is 0 Å². The molecule has 0 bridgehead atoms. The standard InChI is InChI=1S/C16H14Cl2N2O/c1-11(13-7-8-14(17)15(18)10-13)19-20-16(21)9-12-5-3-2-4-6-12/h2-8,10H,9H2,1H3,(H,20,21)/b19-11-. The van der Waals surface area contributed by atoms with E-state index in [1.165, 1.54) is 0 Å². The van der Waals surface area contributed by atoms with Crippen molar-refractivity contribution in [2.45, 2.75) is 13.3 Å². The van der Waals surface area contributed by atoms with Crippen LogP contribution < -0.4 is 5.43 Å². The van der Waals surface area contributed by atoms with Crippen molar-refractivity contribution in [1.29, 1.82) is 0 Å². The Balaban J connectivity index is 1.99. The third-order valence-electron chi connectivity index (χ3n) is 2.89. The highest BCUT2D eigenvalue weighted by molar-refractivity contribution is 6.42. The van der Waals surface area contributed by atoms with Gasteiger partial charge in [0.2, 0.25) is 5.91 Å². The fraction of sp³-hybridized carbons (Fsp3) is 0.125. The molecule has 0 unspecified atom stereocenters. The Labute approximate surface area is 133 Å². The SMILES string of the molecule is C/C(=N/NC(=O)Cc1ccccc1)c1ccc(Cl)c(Cl)c1. The molecular formula is C16H14Cl2N2O. The van der Waals surface area contributed by atoms with E-state index >= 15 is 0 Å². The van der Waals surface area contributed by atoms with Gasteiger partial charge in [-0.3, -0.25) is 4.79 Å². The molecule has 2 aromatic carbocycles. The van der Waals surface area contributed by atoms with Crippen LogP contribution in [0.5, 0.6) is 0 Å². The molecule has 5 heteroatoms. The van der Waals surface area contributed by atoms with E-state index in [4.69, 9.17) is 23.2 Å². The zero-order chi connectivity index (χ0) is 15.2. The van der Waals surface area contributed by atoms with Crippen LogP contribution in [0.25, 0.3) is 0 Å². The first-order chi connectivity index (χ1) is 10.1. The van der Waals surface area contributed by atoms with Crippen LogP contribution in [0.15, 0.2) is 53.6 Å². The van der Waals surface area contributed by atoms with Crippen LogP contribution in [-0.4, -0.2) is 11.6 Å². The number of halogens is 2. The van der Waals surface area contributed by atoms with E-state index in [9.17, 15) is 4.79 Å². The van der Waals surface area contributed by atoms with Gasteiger partial charge in [-0.15, -0.1) is 0 Å². The number of benzene rings is 2. The average Bonchev–Trinajstić information content (AvgIpc) is 2.48. The minimum absolute atomic E-state index is 0.166. The molecule has 108 valence electrons. The van der Waals surface area contributed by atoms with E-state index in [-0.39, 0.29) is 5.91 Å². The minimum Gasteiger partial charge on any atom is -0.273 e. The maximum atomic E-state index is 11.8. The van der Waals surface area contributed by atoms with E-state index in [1.54, 1.807) is 25.1 Å². The Bertz CT molecular complexity index is 669. The van der Waals surface area contributed by atoms with Crippen LogP contribution in [0, 0.1) is 0 Å². The number of nitrogens with zero attached hydrogens (tertiary/aromatic N) is 1. The molecule has 0 spiro atoms. The van der Waals surface area contributed by atoms with Crippen LogP contribution in [0.2, 0.25) is 10.0 Å². The van der Waals surface area contributed by atoms with Crippen molar-refractivity contribution in [2.75, 3.05) is 0 Å². The third-order valence-corrected chi connectivity index (χ3v) is 3.63. The highest BCUT2D eigenvalue weighted by atomic mass is 35.5. The second-order valence-electron chi connectivity index (χ2n) is 4.52. The lowest BCUT2D eigenvalue weighted by atomic mass is 10.1. The summed E-state index contributed by atoms with van der Waals surface area (Å²) in [5.41, 5.74) is 4.95. The fourth-order valence-electron chi connectivity index (χ4n) is 1.75. The molecule has 0 aliphatic carbocycles.